The summed E-state index contributed by atoms with van der Waals surface area (Å²) >= 11 is 1.55. The van der Waals surface area contributed by atoms with Crippen molar-refractivity contribution in [2.45, 2.75) is 92.0 Å². The Balaban J connectivity index is 2.37. The highest BCUT2D eigenvalue weighted by Gasteiger charge is 2.42. The van der Waals surface area contributed by atoms with Crippen LogP contribution in [0.1, 0.15) is 77.4 Å². The number of aliphatic hydroxyl groups excluding tert-OH is 2. The van der Waals surface area contributed by atoms with Gasteiger partial charge in [0.25, 0.3) is 0 Å². The molecule has 1 aromatic rings. The number of aryl methyl sites for hydroxylation is 1. The number of Topliss-reactive ketones (excluding diaryl/α,β-unsaturated/α-hetero) is 1. The van der Waals surface area contributed by atoms with Crippen LogP contribution in [0.5, 0.6) is 0 Å². The van der Waals surface area contributed by atoms with Gasteiger partial charge in [-0.2, -0.15) is 0 Å². The number of thiazole rings is 1. The monoisotopic (exact) mass is 506 g/mol. The summed E-state index contributed by atoms with van der Waals surface area (Å²) in [6.45, 7) is 11.1. The Morgan fingerprint density at radius 3 is 2.60 bits per heavy atom. The van der Waals surface area contributed by atoms with Crippen molar-refractivity contribution in [2.24, 2.45) is 23.0 Å². The topological polar surface area (TPSA) is 123 Å². The third-order valence-corrected chi connectivity index (χ3v) is 7.96. The molecule has 4 N–H and O–H groups in total. The first kappa shape index (κ1) is 29.4. The van der Waals surface area contributed by atoms with Gasteiger partial charge in [-0.15, -0.1) is 11.3 Å². The van der Waals surface area contributed by atoms with Crippen LogP contribution in [-0.2, 0) is 14.3 Å². The van der Waals surface area contributed by atoms with Crippen molar-refractivity contribution in [3.63, 3.8) is 0 Å². The molecule has 35 heavy (non-hydrogen) atoms. The molecule has 1 aliphatic rings. The number of ketones is 1. The molecule has 5 atom stereocenters. The van der Waals surface area contributed by atoms with Crippen molar-refractivity contribution in [1.29, 1.82) is 0 Å². The molecule has 8 heteroatoms. The molecule has 2 rings (SSSR count). The molecule has 0 bridgehead atoms. The highest BCUT2D eigenvalue weighted by molar-refractivity contribution is 7.09. The second-order valence-corrected chi connectivity index (χ2v) is 11.5. The van der Waals surface area contributed by atoms with Crippen LogP contribution >= 0.6 is 11.3 Å². The second-order valence-electron chi connectivity index (χ2n) is 10.4. The summed E-state index contributed by atoms with van der Waals surface area (Å²) in [6.07, 6.45) is 3.82. The van der Waals surface area contributed by atoms with Crippen molar-refractivity contribution in [1.82, 2.24) is 4.98 Å². The van der Waals surface area contributed by atoms with Crippen molar-refractivity contribution in [2.75, 3.05) is 6.54 Å². The fourth-order valence-electron chi connectivity index (χ4n) is 4.50. The van der Waals surface area contributed by atoms with Gasteiger partial charge in [-0.25, -0.2) is 4.98 Å². The zero-order valence-electron chi connectivity index (χ0n) is 21.9. The number of aromatic nitrogens is 1. The minimum atomic E-state index is -1.23. The number of ether oxygens (including phenoxy) is 1. The van der Waals surface area contributed by atoms with Gasteiger partial charge in [-0.1, -0.05) is 39.3 Å². The first-order chi connectivity index (χ1) is 16.4. The molecule has 0 radical (unpaired) electrons. The highest BCUT2D eigenvalue weighted by atomic mass is 32.1. The van der Waals surface area contributed by atoms with Crippen molar-refractivity contribution < 1.29 is 24.5 Å². The van der Waals surface area contributed by atoms with Crippen LogP contribution in [0, 0.1) is 24.2 Å². The molecule has 2 heterocycles. The van der Waals surface area contributed by atoms with Crippen molar-refractivity contribution in [3.8, 4) is 0 Å². The number of rotatable bonds is 3. The number of cyclic esters (lactones) is 1. The Hall–Kier alpha value is -1.87. The first-order valence-electron chi connectivity index (χ1n) is 12.4. The molecule has 0 saturated heterocycles. The summed E-state index contributed by atoms with van der Waals surface area (Å²) < 4.78 is 5.81. The molecule has 1 aliphatic heterocycles. The molecule has 0 spiro atoms. The summed E-state index contributed by atoms with van der Waals surface area (Å²) in [4.78, 5) is 30.5. The Labute approximate surface area is 213 Å². The van der Waals surface area contributed by atoms with Gasteiger partial charge >= 0.3 is 5.97 Å². The number of carbonyl (C=O) groups is 2. The standard InChI is InChI=1S/C27H42N2O5S/c1-16-8-7-9-20(14-28)10-11-22(17(2)12-21-15-35-19(4)29-21)34-24(31)13-23(30)27(5,6)26(33)18(3)25(16)32/h10,12,15-16,18,22-23,25,30,32H,7-9,11,13-14,28H2,1-6H3/b17-12+,20-10+/t16-,18+,22-,23-,25-/m0/s1. The van der Waals surface area contributed by atoms with Gasteiger partial charge in [-0.3, -0.25) is 9.59 Å². The van der Waals surface area contributed by atoms with Crippen LogP contribution in [0.3, 0.4) is 0 Å². The van der Waals surface area contributed by atoms with Crippen LogP contribution in [0.15, 0.2) is 22.6 Å². The van der Waals surface area contributed by atoms with E-state index in [0.29, 0.717) is 13.0 Å². The first-order valence-corrected chi connectivity index (χ1v) is 13.3. The maximum absolute atomic E-state index is 13.2. The normalized spacial score (nSPS) is 31.5. The van der Waals surface area contributed by atoms with E-state index in [2.05, 4.69) is 4.98 Å². The fourth-order valence-corrected chi connectivity index (χ4v) is 5.07. The average molecular weight is 507 g/mol. The largest absolute Gasteiger partial charge is 0.457 e. The van der Waals surface area contributed by atoms with Gasteiger partial charge in [0.2, 0.25) is 0 Å². The van der Waals surface area contributed by atoms with Gasteiger partial charge < -0.3 is 20.7 Å². The minimum Gasteiger partial charge on any atom is -0.457 e. The molecular weight excluding hydrogens is 464 g/mol. The third-order valence-electron chi connectivity index (χ3n) is 7.17. The predicted octanol–water partition coefficient (Wildman–Crippen LogP) is 4.21. The number of hydrogen-bond acceptors (Lipinski definition) is 8. The van der Waals surface area contributed by atoms with Crippen LogP contribution < -0.4 is 5.73 Å². The Bertz CT molecular complexity index is 936. The van der Waals surface area contributed by atoms with E-state index in [1.54, 1.807) is 32.1 Å². The van der Waals surface area contributed by atoms with Crippen molar-refractivity contribution >= 4 is 29.2 Å². The lowest BCUT2D eigenvalue weighted by atomic mass is 9.73. The Kier molecular flexibility index (Phi) is 10.8. The van der Waals surface area contributed by atoms with Crippen LogP contribution in [0.4, 0.5) is 0 Å². The molecule has 0 fully saturated rings. The molecular formula is C27H42N2O5S. The lowest BCUT2D eigenvalue weighted by molar-refractivity contribution is -0.154. The second kappa shape index (κ2) is 12.9. The van der Waals surface area contributed by atoms with Gasteiger partial charge in [-0.05, 0) is 50.7 Å². The van der Waals surface area contributed by atoms with Crippen molar-refractivity contribution in [3.05, 3.63) is 33.3 Å². The summed E-state index contributed by atoms with van der Waals surface area (Å²) in [5.74, 6) is -1.60. The zero-order chi connectivity index (χ0) is 26.3. The zero-order valence-corrected chi connectivity index (χ0v) is 22.7. The number of carbonyl (C=O) groups excluding carboxylic acids is 2. The van der Waals surface area contributed by atoms with E-state index in [9.17, 15) is 19.8 Å². The number of nitrogens with two attached hydrogens (primary N) is 1. The van der Waals surface area contributed by atoms with E-state index >= 15 is 0 Å². The van der Waals surface area contributed by atoms with Gasteiger partial charge in [0, 0.05) is 24.3 Å². The fraction of sp³-hybridized carbons (Fsp3) is 0.667. The molecule has 0 saturated carbocycles. The Morgan fingerprint density at radius 2 is 2.00 bits per heavy atom. The molecule has 1 aromatic heterocycles. The third kappa shape index (κ3) is 8.07. The molecule has 196 valence electrons. The molecule has 0 unspecified atom stereocenters. The molecule has 0 aromatic carbocycles. The SMILES string of the molecule is C/C(=C\c1csc(C)n1)[C@@H]1C/C=C(/CN)CCC[C@H](C)[C@H](O)[C@@H](C)C(=O)C(C)(C)[C@@H](O)CC(=O)O1. The summed E-state index contributed by atoms with van der Waals surface area (Å²) in [5, 5.41) is 24.5. The van der Waals surface area contributed by atoms with E-state index in [0.717, 1.165) is 41.1 Å². The lowest BCUT2D eigenvalue weighted by Gasteiger charge is -2.34. The van der Waals surface area contributed by atoms with E-state index in [-0.39, 0.29) is 18.1 Å². The van der Waals surface area contributed by atoms with Gasteiger partial charge in [0.1, 0.15) is 11.9 Å². The number of nitrogens with zero attached hydrogens (tertiary/aromatic N) is 1. The van der Waals surface area contributed by atoms with Gasteiger partial charge in [0.15, 0.2) is 0 Å². The number of aliphatic hydroxyl groups is 2. The quantitative estimate of drug-likeness (QED) is 0.415. The van der Waals surface area contributed by atoms with Crippen LogP contribution in [0.2, 0.25) is 0 Å². The average Bonchev–Trinajstić information content (AvgIpc) is 3.21. The van der Waals surface area contributed by atoms with E-state index < -0.39 is 35.6 Å². The van der Waals surface area contributed by atoms with Crippen LogP contribution in [0.25, 0.3) is 6.08 Å². The lowest BCUT2D eigenvalue weighted by Crippen LogP contribution is -2.45. The maximum Gasteiger partial charge on any atom is 0.309 e. The number of hydrogen-bond donors (Lipinski definition) is 3. The van der Waals surface area contributed by atoms with E-state index in [1.165, 1.54) is 0 Å². The molecule has 0 amide bonds. The smallest absolute Gasteiger partial charge is 0.309 e. The number of esters is 1. The Morgan fingerprint density at radius 1 is 1.31 bits per heavy atom. The van der Waals surface area contributed by atoms with E-state index in [4.69, 9.17) is 10.5 Å². The summed E-state index contributed by atoms with van der Waals surface area (Å²) in [5.41, 5.74) is 7.49. The van der Waals surface area contributed by atoms with Crippen LogP contribution in [-0.4, -0.2) is 51.8 Å². The van der Waals surface area contributed by atoms with Gasteiger partial charge in [0.05, 0.1) is 34.7 Å². The maximum atomic E-state index is 13.2. The molecule has 0 aliphatic carbocycles. The highest BCUT2D eigenvalue weighted by Crippen LogP contribution is 2.32. The minimum absolute atomic E-state index is 0.0849. The summed E-state index contributed by atoms with van der Waals surface area (Å²) in [7, 11) is 0. The molecule has 7 nitrogen and oxygen atoms in total. The predicted molar refractivity (Wildman–Crippen MR) is 140 cm³/mol. The van der Waals surface area contributed by atoms with E-state index in [1.807, 2.05) is 38.3 Å². The summed E-state index contributed by atoms with van der Waals surface area (Å²) in [6, 6.07) is 0.